The van der Waals surface area contributed by atoms with Crippen molar-refractivity contribution < 1.29 is 25.0 Å². The van der Waals surface area contributed by atoms with Crippen LogP contribution in [0.4, 0.5) is 0 Å². The van der Waals surface area contributed by atoms with E-state index in [1.165, 1.54) is 13.8 Å². The number of rotatable bonds is 5. The third-order valence-corrected chi connectivity index (χ3v) is 1.63. The lowest BCUT2D eigenvalue weighted by atomic mass is 10.1. The van der Waals surface area contributed by atoms with E-state index in [9.17, 15) is 9.59 Å². The van der Waals surface area contributed by atoms with Crippen LogP contribution < -0.4 is 10.8 Å². The molecule has 0 fully saturated rings. The van der Waals surface area contributed by atoms with Gasteiger partial charge in [0.25, 0.3) is 0 Å². The van der Waals surface area contributed by atoms with Gasteiger partial charge in [-0.05, 0) is 13.8 Å². The molecule has 0 bridgehead atoms. The molecule has 82 valence electrons. The number of nitrogens with one attached hydrogen (secondary N) is 2. The van der Waals surface area contributed by atoms with Crippen molar-refractivity contribution in [1.82, 2.24) is 10.8 Å². The van der Waals surface area contributed by atoms with Crippen molar-refractivity contribution in [2.24, 2.45) is 0 Å². The standard InChI is InChI=1S/C7H14N2O5/c1-3(9-14)6(11)8-5(4(2)10)7(12)13/h3-5,9-10,14H,1-2H3,(H,8,11)(H,12,13)/t3-,4+,5-/m0/s1. The molecule has 0 aliphatic carbocycles. The summed E-state index contributed by atoms with van der Waals surface area (Å²) in [6, 6.07) is -2.31. The Kier molecular flexibility index (Phi) is 5.06. The number of hydrogen-bond acceptors (Lipinski definition) is 5. The monoisotopic (exact) mass is 206 g/mol. The van der Waals surface area contributed by atoms with Crippen LogP contribution in [0.25, 0.3) is 0 Å². The molecule has 0 saturated carbocycles. The van der Waals surface area contributed by atoms with Crippen molar-refractivity contribution in [3.63, 3.8) is 0 Å². The molecule has 7 nitrogen and oxygen atoms in total. The minimum Gasteiger partial charge on any atom is -0.480 e. The number of aliphatic hydroxyl groups excluding tert-OH is 1. The van der Waals surface area contributed by atoms with Crippen LogP contribution in [0.1, 0.15) is 13.8 Å². The van der Waals surface area contributed by atoms with E-state index in [1.807, 2.05) is 0 Å². The molecule has 0 aromatic rings. The first-order valence-electron chi connectivity index (χ1n) is 4.01. The summed E-state index contributed by atoms with van der Waals surface area (Å²) in [5.41, 5.74) is 1.66. The van der Waals surface area contributed by atoms with E-state index in [4.69, 9.17) is 15.4 Å². The van der Waals surface area contributed by atoms with Crippen LogP contribution in [-0.2, 0) is 9.59 Å². The molecule has 0 unspecified atom stereocenters. The lowest BCUT2D eigenvalue weighted by Crippen LogP contribution is -2.52. The second-order valence-corrected chi connectivity index (χ2v) is 2.92. The highest BCUT2D eigenvalue weighted by molar-refractivity contribution is 5.86. The molecule has 0 aromatic heterocycles. The summed E-state index contributed by atoms with van der Waals surface area (Å²) >= 11 is 0. The molecule has 0 heterocycles. The van der Waals surface area contributed by atoms with Crippen molar-refractivity contribution in [3.05, 3.63) is 0 Å². The second-order valence-electron chi connectivity index (χ2n) is 2.92. The van der Waals surface area contributed by atoms with Crippen LogP contribution >= 0.6 is 0 Å². The average Bonchev–Trinajstić information content (AvgIpc) is 2.11. The Morgan fingerprint density at radius 2 is 1.79 bits per heavy atom. The zero-order valence-corrected chi connectivity index (χ0v) is 7.89. The highest BCUT2D eigenvalue weighted by Gasteiger charge is 2.26. The number of carboxylic acids is 1. The molecule has 0 radical (unpaired) electrons. The Morgan fingerprint density at radius 1 is 1.29 bits per heavy atom. The first-order chi connectivity index (χ1) is 6.40. The molecule has 0 aromatic carbocycles. The fourth-order valence-electron chi connectivity index (χ4n) is 0.726. The zero-order valence-electron chi connectivity index (χ0n) is 7.89. The van der Waals surface area contributed by atoms with Gasteiger partial charge in [0, 0.05) is 0 Å². The first-order valence-corrected chi connectivity index (χ1v) is 4.01. The quantitative estimate of drug-likeness (QED) is 0.342. The SMILES string of the molecule is C[C@H](NO)C(=O)N[C@H](C(=O)O)[C@@H](C)O. The van der Waals surface area contributed by atoms with Crippen molar-refractivity contribution >= 4 is 11.9 Å². The number of carboxylic acid groups (broad SMARTS) is 1. The van der Waals surface area contributed by atoms with E-state index in [0.717, 1.165) is 0 Å². The van der Waals surface area contributed by atoms with Crippen molar-refractivity contribution in [2.75, 3.05) is 0 Å². The van der Waals surface area contributed by atoms with Crippen LogP contribution in [0.15, 0.2) is 0 Å². The molecule has 7 heteroatoms. The topological polar surface area (TPSA) is 119 Å². The fourth-order valence-corrected chi connectivity index (χ4v) is 0.726. The summed E-state index contributed by atoms with van der Waals surface area (Å²) in [5, 5.41) is 28.0. The van der Waals surface area contributed by atoms with Crippen molar-refractivity contribution in [3.8, 4) is 0 Å². The van der Waals surface area contributed by atoms with Crippen LogP contribution in [-0.4, -0.2) is 45.5 Å². The smallest absolute Gasteiger partial charge is 0.328 e. The summed E-state index contributed by atoms with van der Waals surface area (Å²) in [6.45, 7) is 2.59. The molecule has 14 heavy (non-hydrogen) atoms. The van der Waals surface area contributed by atoms with Gasteiger partial charge in [-0.2, -0.15) is 5.48 Å². The van der Waals surface area contributed by atoms with Gasteiger partial charge in [-0.25, -0.2) is 4.79 Å². The van der Waals surface area contributed by atoms with Crippen molar-refractivity contribution in [2.45, 2.75) is 32.0 Å². The Hall–Kier alpha value is -1.18. The molecular formula is C7H14N2O5. The van der Waals surface area contributed by atoms with Gasteiger partial charge < -0.3 is 20.7 Å². The molecule has 0 aliphatic heterocycles. The second kappa shape index (κ2) is 5.53. The minimum atomic E-state index is -1.38. The van der Waals surface area contributed by atoms with E-state index in [1.54, 1.807) is 5.48 Å². The molecule has 3 atom stereocenters. The van der Waals surface area contributed by atoms with Crippen LogP contribution in [0.3, 0.4) is 0 Å². The third-order valence-electron chi connectivity index (χ3n) is 1.63. The summed E-state index contributed by atoms with van der Waals surface area (Å²) in [5.74, 6) is -2.04. The number of carbonyl (C=O) groups is 2. The highest BCUT2D eigenvalue weighted by Crippen LogP contribution is 1.94. The molecule has 0 saturated heterocycles. The number of hydrogen-bond donors (Lipinski definition) is 5. The lowest BCUT2D eigenvalue weighted by molar-refractivity contribution is -0.145. The number of hydroxylamine groups is 1. The van der Waals surface area contributed by atoms with Gasteiger partial charge in [0.2, 0.25) is 5.91 Å². The Bertz CT molecular complexity index is 218. The summed E-state index contributed by atoms with van der Waals surface area (Å²) in [7, 11) is 0. The predicted molar refractivity (Wildman–Crippen MR) is 45.6 cm³/mol. The Morgan fingerprint density at radius 3 is 2.07 bits per heavy atom. The normalized spacial score (nSPS) is 16.9. The third kappa shape index (κ3) is 3.69. The Balaban J connectivity index is 4.31. The largest absolute Gasteiger partial charge is 0.480 e. The van der Waals surface area contributed by atoms with Crippen molar-refractivity contribution in [1.29, 1.82) is 0 Å². The van der Waals surface area contributed by atoms with Gasteiger partial charge in [-0.3, -0.25) is 4.79 Å². The summed E-state index contributed by atoms with van der Waals surface area (Å²) in [4.78, 5) is 21.6. The number of aliphatic hydroxyl groups is 1. The van der Waals surface area contributed by atoms with Gasteiger partial charge in [0.1, 0.15) is 6.04 Å². The van der Waals surface area contributed by atoms with Gasteiger partial charge in [-0.15, -0.1) is 0 Å². The van der Waals surface area contributed by atoms with Gasteiger partial charge in [0.05, 0.1) is 6.10 Å². The highest BCUT2D eigenvalue weighted by atomic mass is 16.5. The molecule has 0 aliphatic rings. The maximum Gasteiger partial charge on any atom is 0.328 e. The van der Waals surface area contributed by atoms with Gasteiger partial charge in [0.15, 0.2) is 6.04 Å². The maximum absolute atomic E-state index is 11.1. The molecular weight excluding hydrogens is 192 g/mol. The number of carbonyl (C=O) groups excluding carboxylic acids is 1. The van der Waals surface area contributed by atoms with Gasteiger partial charge in [-0.1, -0.05) is 0 Å². The fraction of sp³-hybridized carbons (Fsp3) is 0.714. The summed E-state index contributed by atoms with van der Waals surface area (Å²) < 4.78 is 0. The maximum atomic E-state index is 11.1. The van der Waals surface area contributed by atoms with Crippen LogP contribution in [0.2, 0.25) is 0 Å². The van der Waals surface area contributed by atoms with E-state index in [2.05, 4.69) is 5.32 Å². The molecule has 5 N–H and O–H groups in total. The lowest BCUT2D eigenvalue weighted by Gasteiger charge is -2.18. The zero-order chi connectivity index (χ0) is 11.3. The average molecular weight is 206 g/mol. The summed E-state index contributed by atoms with van der Waals surface area (Å²) in [6.07, 6.45) is -1.21. The van der Waals surface area contributed by atoms with Crippen LogP contribution in [0.5, 0.6) is 0 Å². The molecule has 0 rings (SSSR count). The van der Waals surface area contributed by atoms with Crippen LogP contribution in [0, 0.1) is 0 Å². The van der Waals surface area contributed by atoms with E-state index in [-0.39, 0.29) is 0 Å². The van der Waals surface area contributed by atoms with E-state index < -0.39 is 30.1 Å². The van der Waals surface area contributed by atoms with Gasteiger partial charge >= 0.3 is 5.97 Å². The van der Waals surface area contributed by atoms with E-state index in [0.29, 0.717) is 0 Å². The predicted octanol–water partition coefficient (Wildman–Crippen LogP) is -1.70. The first kappa shape index (κ1) is 12.8. The Labute approximate surface area is 80.7 Å². The number of aliphatic carboxylic acids is 1. The van der Waals surface area contributed by atoms with E-state index >= 15 is 0 Å². The minimum absolute atomic E-state index is 0.708. The molecule has 1 amide bonds. The number of amides is 1. The molecule has 0 spiro atoms.